The fourth-order valence-electron chi connectivity index (χ4n) is 9.96. The fourth-order valence-corrected chi connectivity index (χ4v) is 9.96. The van der Waals surface area contributed by atoms with Gasteiger partial charge in [0.25, 0.3) is 0 Å². The molecule has 0 aromatic heterocycles. The first-order chi connectivity index (χ1) is 38.0. The number of hydrogen-bond donors (Lipinski definition) is 0. The monoisotopic (exact) mass is 1080 g/mol. The van der Waals surface area contributed by atoms with Gasteiger partial charge in [0.15, 0.2) is 6.10 Å². The van der Waals surface area contributed by atoms with Gasteiger partial charge in [0.05, 0.1) is 0 Å². The lowest BCUT2D eigenvalue weighted by Gasteiger charge is -2.18. The number of unbranched alkanes of at least 4 members (excludes halogenated alkanes) is 41. The smallest absolute Gasteiger partial charge is 0.306 e. The molecule has 0 amide bonds. The van der Waals surface area contributed by atoms with Crippen molar-refractivity contribution in [3.05, 3.63) is 60.8 Å². The van der Waals surface area contributed by atoms with E-state index in [0.717, 1.165) is 103 Å². The highest BCUT2D eigenvalue weighted by Gasteiger charge is 2.19. The van der Waals surface area contributed by atoms with Gasteiger partial charge >= 0.3 is 17.9 Å². The highest BCUT2D eigenvalue weighted by atomic mass is 16.6. The van der Waals surface area contributed by atoms with Gasteiger partial charge in [-0.2, -0.15) is 0 Å². The van der Waals surface area contributed by atoms with Crippen molar-refractivity contribution in [3.63, 3.8) is 0 Å². The Bertz CT molecular complexity index is 1380. The van der Waals surface area contributed by atoms with E-state index in [1.54, 1.807) is 0 Å². The third kappa shape index (κ3) is 63.8. The predicted octanol–water partition coefficient (Wildman–Crippen LogP) is 23.1. The van der Waals surface area contributed by atoms with Crippen LogP contribution in [0.1, 0.15) is 355 Å². The first-order valence-corrected chi connectivity index (χ1v) is 33.8. The van der Waals surface area contributed by atoms with E-state index in [-0.39, 0.29) is 31.1 Å². The Hall–Kier alpha value is -2.89. The van der Waals surface area contributed by atoms with Crippen molar-refractivity contribution in [1.82, 2.24) is 0 Å². The number of carbonyl (C=O) groups excluding carboxylic acids is 3. The molecule has 0 N–H and O–H groups in total. The molecule has 0 fully saturated rings. The maximum Gasteiger partial charge on any atom is 0.306 e. The van der Waals surface area contributed by atoms with Crippen LogP contribution < -0.4 is 0 Å². The van der Waals surface area contributed by atoms with Gasteiger partial charge < -0.3 is 14.2 Å². The number of ether oxygens (including phenoxy) is 3. The average molecular weight is 1080 g/mol. The van der Waals surface area contributed by atoms with Crippen molar-refractivity contribution in [2.75, 3.05) is 13.2 Å². The Balaban J connectivity index is 4.32. The molecular weight excluding hydrogens is 949 g/mol. The van der Waals surface area contributed by atoms with Gasteiger partial charge in [-0.25, -0.2) is 0 Å². The second kappa shape index (κ2) is 65.6. The standard InChI is InChI=1S/C71H128O6/c1-4-7-10-13-16-19-22-25-28-30-32-34-35-37-38-40-43-46-49-52-55-58-61-64-70(73)76-67-68(66-75-69(72)63-60-57-54-51-48-45-42-27-24-21-18-15-12-9-6-3)77-71(74)65-62-59-56-53-50-47-44-41-39-36-33-31-29-26-23-20-17-14-11-8-5-2/h9,12,18,21,23,26-27,31,33,42,68H,4-8,10-11,13-17,19-20,22,24-25,28-30,32,34-41,43-67H2,1-3H3/b12-9-,21-18-,26-23-,33-31-,42-27-. The van der Waals surface area contributed by atoms with Gasteiger partial charge in [0.2, 0.25) is 0 Å². The first kappa shape index (κ1) is 74.1. The van der Waals surface area contributed by atoms with Crippen LogP contribution >= 0.6 is 0 Å². The van der Waals surface area contributed by atoms with Crippen LogP contribution in [0.4, 0.5) is 0 Å². The molecule has 0 aliphatic rings. The summed E-state index contributed by atoms with van der Waals surface area (Å²) in [6, 6.07) is 0. The summed E-state index contributed by atoms with van der Waals surface area (Å²) < 4.78 is 17.0. The Morgan fingerprint density at radius 2 is 0.506 bits per heavy atom. The summed E-state index contributed by atoms with van der Waals surface area (Å²) in [5.41, 5.74) is 0. The van der Waals surface area contributed by atoms with Crippen LogP contribution in [0.3, 0.4) is 0 Å². The number of allylic oxidation sites excluding steroid dienone is 10. The maximum absolute atomic E-state index is 12.9. The molecule has 0 heterocycles. The minimum atomic E-state index is -0.784. The van der Waals surface area contributed by atoms with Gasteiger partial charge in [0.1, 0.15) is 13.2 Å². The number of carbonyl (C=O) groups is 3. The molecule has 77 heavy (non-hydrogen) atoms. The normalized spacial score (nSPS) is 12.4. The summed E-state index contributed by atoms with van der Waals surface area (Å²) in [5.74, 6) is -0.879. The van der Waals surface area contributed by atoms with Crippen molar-refractivity contribution in [2.45, 2.75) is 361 Å². The van der Waals surface area contributed by atoms with Crippen LogP contribution in [0.2, 0.25) is 0 Å². The zero-order chi connectivity index (χ0) is 55.7. The largest absolute Gasteiger partial charge is 0.462 e. The SMILES string of the molecule is CC/C=C\C/C=C\C/C=C\CCCCCCCC(=O)OCC(COC(=O)CCCCCCCCCCCCCCCCCCCCCCCCC)OC(=O)CCCCCCCCCCC/C=C\C/C=C\CCCCCCC. The second-order valence-corrected chi connectivity index (χ2v) is 22.7. The molecular formula is C71H128O6. The van der Waals surface area contributed by atoms with Gasteiger partial charge in [-0.05, 0) is 83.5 Å². The maximum atomic E-state index is 12.9. The Labute approximate surface area is 479 Å². The summed E-state index contributed by atoms with van der Waals surface area (Å²) >= 11 is 0. The van der Waals surface area contributed by atoms with Crippen molar-refractivity contribution in [1.29, 1.82) is 0 Å². The van der Waals surface area contributed by atoms with Crippen molar-refractivity contribution in [3.8, 4) is 0 Å². The highest BCUT2D eigenvalue weighted by molar-refractivity contribution is 5.71. The molecule has 0 aromatic rings. The molecule has 0 bridgehead atoms. The molecule has 0 spiro atoms. The quantitative estimate of drug-likeness (QED) is 0.0261. The third-order valence-electron chi connectivity index (χ3n) is 15.0. The molecule has 0 saturated carbocycles. The number of hydrogen-bond acceptors (Lipinski definition) is 6. The van der Waals surface area contributed by atoms with Crippen molar-refractivity contribution < 1.29 is 28.6 Å². The van der Waals surface area contributed by atoms with E-state index in [4.69, 9.17) is 14.2 Å². The minimum Gasteiger partial charge on any atom is -0.462 e. The summed E-state index contributed by atoms with van der Waals surface area (Å²) in [6.45, 7) is 6.56. The molecule has 0 radical (unpaired) electrons. The molecule has 6 nitrogen and oxygen atoms in total. The third-order valence-corrected chi connectivity index (χ3v) is 15.0. The summed E-state index contributed by atoms with van der Waals surface area (Å²) in [5, 5.41) is 0. The summed E-state index contributed by atoms with van der Waals surface area (Å²) in [6.07, 6.45) is 83.8. The molecule has 6 heteroatoms. The molecule has 0 saturated heterocycles. The predicted molar refractivity (Wildman–Crippen MR) is 335 cm³/mol. The van der Waals surface area contributed by atoms with E-state index in [1.807, 2.05) is 0 Å². The molecule has 1 atom stereocenters. The zero-order valence-corrected chi connectivity index (χ0v) is 51.5. The van der Waals surface area contributed by atoms with Crippen LogP contribution in [0.15, 0.2) is 60.8 Å². The van der Waals surface area contributed by atoms with Gasteiger partial charge in [-0.1, -0.05) is 313 Å². The average Bonchev–Trinajstić information content (AvgIpc) is 3.43. The van der Waals surface area contributed by atoms with Crippen LogP contribution in [0, 0.1) is 0 Å². The van der Waals surface area contributed by atoms with E-state index in [2.05, 4.69) is 81.5 Å². The lowest BCUT2D eigenvalue weighted by Crippen LogP contribution is -2.30. The van der Waals surface area contributed by atoms with E-state index in [9.17, 15) is 14.4 Å². The van der Waals surface area contributed by atoms with Crippen LogP contribution in [-0.2, 0) is 28.6 Å². The summed E-state index contributed by atoms with van der Waals surface area (Å²) in [4.78, 5) is 38.4. The molecule has 448 valence electrons. The van der Waals surface area contributed by atoms with Crippen molar-refractivity contribution in [2.24, 2.45) is 0 Å². The van der Waals surface area contributed by atoms with Gasteiger partial charge in [-0.3, -0.25) is 14.4 Å². The topological polar surface area (TPSA) is 78.9 Å². The number of esters is 3. The molecule has 0 aliphatic heterocycles. The fraction of sp³-hybridized carbons (Fsp3) is 0.817. The van der Waals surface area contributed by atoms with Gasteiger partial charge in [-0.15, -0.1) is 0 Å². The second-order valence-electron chi connectivity index (χ2n) is 22.7. The van der Waals surface area contributed by atoms with E-state index >= 15 is 0 Å². The van der Waals surface area contributed by atoms with Gasteiger partial charge in [0, 0.05) is 19.3 Å². The van der Waals surface area contributed by atoms with E-state index < -0.39 is 6.10 Å². The van der Waals surface area contributed by atoms with Crippen molar-refractivity contribution >= 4 is 17.9 Å². The molecule has 1 unspecified atom stereocenters. The lowest BCUT2D eigenvalue weighted by atomic mass is 10.0. The van der Waals surface area contributed by atoms with Crippen LogP contribution in [0.25, 0.3) is 0 Å². The highest BCUT2D eigenvalue weighted by Crippen LogP contribution is 2.18. The number of rotatable bonds is 62. The Morgan fingerprint density at radius 1 is 0.273 bits per heavy atom. The van der Waals surface area contributed by atoms with Crippen LogP contribution in [-0.4, -0.2) is 37.2 Å². The van der Waals surface area contributed by atoms with E-state index in [0.29, 0.717) is 19.3 Å². The molecule has 0 rings (SSSR count). The Morgan fingerprint density at radius 3 is 0.792 bits per heavy atom. The van der Waals surface area contributed by atoms with E-state index in [1.165, 1.54) is 212 Å². The van der Waals surface area contributed by atoms with Crippen LogP contribution in [0.5, 0.6) is 0 Å². The summed E-state index contributed by atoms with van der Waals surface area (Å²) in [7, 11) is 0. The zero-order valence-electron chi connectivity index (χ0n) is 51.5. The molecule has 0 aromatic carbocycles. The first-order valence-electron chi connectivity index (χ1n) is 33.8. The Kier molecular flexibility index (Phi) is 63.2. The molecule has 0 aliphatic carbocycles. The minimum absolute atomic E-state index is 0.0782. The lowest BCUT2D eigenvalue weighted by molar-refractivity contribution is -0.167.